The first-order chi connectivity index (χ1) is 9.11. The van der Waals surface area contributed by atoms with Crippen LogP contribution in [-0.4, -0.2) is 36.9 Å². The molecule has 5 nitrogen and oxygen atoms in total. The zero-order valence-corrected chi connectivity index (χ0v) is 11.1. The standard InChI is InChI=1S/C14H20N2O3/c1-2-16(9-11-4-3-7-19-11)10-5-6-13(15)12(8-10)14(17)18/h5-6,8,11H,2-4,7,9,15H2,1H3,(H,17,18). The van der Waals surface area contributed by atoms with Gasteiger partial charge in [0, 0.05) is 31.1 Å². The maximum Gasteiger partial charge on any atom is 0.337 e. The lowest BCUT2D eigenvalue weighted by molar-refractivity contribution is 0.0698. The van der Waals surface area contributed by atoms with Crippen molar-refractivity contribution in [3.8, 4) is 0 Å². The third-order valence-corrected chi connectivity index (χ3v) is 3.46. The van der Waals surface area contributed by atoms with Crippen LogP contribution in [0.15, 0.2) is 18.2 Å². The van der Waals surface area contributed by atoms with Gasteiger partial charge >= 0.3 is 5.97 Å². The van der Waals surface area contributed by atoms with Crippen molar-refractivity contribution in [3.63, 3.8) is 0 Å². The van der Waals surface area contributed by atoms with Crippen LogP contribution in [0.5, 0.6) is 0 Å². The van der Waals surface area contributed by atoms with Gasteiger partial charge in [-0.2, -0.15) is 0 Å². The van der Waals surface area contributed by atoms with Crippen LogP contribution < -0.4 is 10.6 Å². The van der Waals surface area contributed by atoms with E-state index in [9.17, 15) is 4.79 Å². The van der Waals surface area contributed by atoms with Crippen molar-refractivity contribution >= 4 is 17.3 Å². The summed E-state index contributed by atoms with van der Waals surface area (Å²) in [6, 6.07) is 5.15. The van der Waals surface area contributed by atoms with Crippen molar-refractivity contribution in [1.29, 1.82) is 0 Å². The predicted molar refractivity (Wildman–Crippen MR) is 74.7 cm³/mol. The normalized spacial score (nSPS) is 18.5. The Morgan fingerprint density at radius 2 is 2.37 bits per heavy atom. The van der Waals surface area contributed by atoms with Gasteiger partial charge < -0.3 is 20.5 Å². The summed E-state index contributed by atoms with van der Waals surface area (Å²) in [4.78, 5) is 13.2. The van der Waals surface area contributed by atoms with Crippen LogP contribution in [0.4, 0.5) is 11.4 Å². The summed E-state index contributed by atoms with van der Waals surface area (Å²) in [6.07, 6.45) is 2.41. The van der Waals surface area contributed by atoms with Gasteiger partial charge in [-0.3, -0.25) is 0 Å². The second-order valence-corrected chi connectivity index (χ2v) is 4.75. The predicted octanol–water partition coefficient (Wildman–Crippen LogP) is 1.97. The summed E-state index contributed by atoms with van der Waals surface area (Å²) in [6.45, 7) is 4.47. The zero-order valence-electron chi connectivity index (χ0n) is 11.1. The van der Waals surface area contributed by atoms with E-state index < -0.39 is 5.97 Å². The van der Waals surface area contributed by atoms with Crippen LogP contribution in [0.2, 0.25) is 0 Å². The molecule has 3 N–H and O–H groups in total. The number of nitrogen functional groups attached to an aromatic ring is 1. The highest BCUT2D eigenvalue weighted by Gasteiger charge is 2.19. The fraction of sp³-hybridized carbons (Fsp3) is 0.500. The second-order valence-electron chi connectivity index (χ2n) is 4.75. The van der Waals surface area contributed by atoms with Gasteiger partial charge in [0.05, 0.1) is 11.7 Å². The number of carboxylic acids is 1. The molecule has 0 bridgehead atoms. The van der Waals surface area contributed by atoms with Crippen molar-refractivity contribution < 1.29 is 14.6 Å². The minimum absolute atomic E-state index is 0.156. The van der Waals surface area contributed by atoms with E-state index in [1.54, 1.807) is 12.1 Å². The van der Waals surface area contributed by atoms with E-state index in [4.69, 9.17) is 15.6 Å². The van der Waals surface area contributed by atoms with Gasteiger partial charge in [0.15, 0.2) is 0 Å². The number of anilines is 2. The molecule has 1 unspecified atom stereocenters. The van der Waals surface area contributed by atoms with Gasteiger partial charge in [-0.15, -0.1) is 0 Å². The number of rotatable bonds is 5. The molecule has 1 atom stereocenters. The van der Waals surface area contributed by atoms with Gasteiger partial charge in [0.2, 0.25) is 0 Å². The maximum atomic E-state index is 11.1. The molecule has 0 radical (unpaired) electrons. The van der Waals surface area contributed by atoms with E-state index in [-0.39, 0.29) is 11.7 Å². The first-order valence-corrected chi connectivity index (χ1v) is 6.61. The summed E-state index contributed by atoms with van der Waals surface area (Å²) >= 11 is 0. The van der Waals surface area contributed by atoms with E-state index in [0.29, 0.717) is 5.69 Å². The Morgan fingerprint density at radius 3 is 2.95 bits per heavy atom. The largest absolute Gasteiger partial charge is 0.478 e. The second kappa shape index (κ2) is 5.93. The molecule has 104 valence electrons. The number of hydrogen-bond donors (Lipinski definition) is 2. The van der Waals surface area contributed by atoms with E-state index >= 15 is 0 Å². The number of aromatic carboxylic acids is 1. The van der Waals surface area contributed by atoms with Gasteiger partial charge in [0.25, 0.3) is 0 Å². The van der Waals surface area contributed by atoms with E-state index in [1.807, 2.05) is 13.0 Å². The van der Waals surface area contributed by atoms with Crippen molar-refractivity contribution in [2.75, 3.05) is 30.3 Å². The zero-order chi connectivity index (χ0) is 13.8. The lowest BCUT2D eigenvalue weighted by Crippen LogP contribution is -2.32. The topological polar surface area (TPSA) is 75.8 Å². The van der Waals surface area contributed by atoms with Crippen molar-refractivity contribution in [2.45, 2.75) is 25.9 Å². The molecule has 1 aromatic rings. The lowest BCUT2D eigenvalue weighted by atomic mass is 10.1. The summed E-state index contributed by atoms with van der Waals surface area (Å²) in [5, 5.41) is 9.11. The molecule has 1 saturated heterocycles. The maximum absolute atomic E-state index is 11.1. The average Bonchev–Trinajstić information content (AvgIpc) is 2.89. The highest BCUT2D eigenvalue weighted by atomic mass is 16.5. The Kier molecular flexibility index (Phi) is 4.27. The monoisotopic (exact) mass is 264 g/mol. The van der Waals surface area contributed by atoms with E-state index in [2.05, 4.69) is 4.90 Å². The Hall–Kier alpha value is -1.75. The quantitative estimate of drug-likeness (QED) is 0.795. The molecule has 0 aromatic heterocycles. The third-order valence-electron chi connectivity index (χ3n) is 3.46. The number of likely N-dealkylation sites (N-methyl/N-ethyl adjacent to an activating group) is 1. The number of carbonyl (C=O) groups is 1. The third kappa shape index (κ3) is 3.17. The first-order valence-electron chi connectivity index (χ1n) is 6.61. The fourth-order valence-electron chi connectivity index (χ4n) is 2.38. The fourth-order valence-corrected chi connectivity index (χ4v) is 2.38. The average molecular weight is 264 g/mol. The number of ether oxygens (including phenoxy) is 1. The van der Waals surface area contributed by atoms with Crippen LogP contribution in [0, 0.1) is 0 Å². The molecule has 1 aromatic carbocycles. The van der Waals surface area contributed by atoms with Crippen molar-refractivity contribution in [1.82, 2.24) is 0 Å². The molecule has 5 heteroatoms. The summed E-state index contributed by atoms with van der Waals surface area (Å²) < 4.78 is 5.63. The minimum Gasteiger partial charge on any atom is -0.478 e. The molecule has 1 heterocycles. The molecule has 0 amide bonds. The highest BCUT2D eigenvalue weighted by molar-refractivity contribution is 5.94. The van der Waals surface area contributed by atoms with Crippen LogP contribution in [0.25, 0.3) is 0 Å². The van der Waals surface area contributed by atoms with Crippen LogP contribution in [0.3, 0.4) is 0 Å². The number of nitrogens with two attached hydrogens (primary N) is 1. The Balaban J connectivity index is 2.17. The number of carboxylic acid groups (broad SMARTS) is 1. The smallest absolute Gasteiger partial charge is 0.337 e. The number of hydrogen-bond acceptors (Lipinski definition) is 4. The van der Waals surface area contributed by atoms with Gasteiger partial charge in [-0.1, -0.05) is 0 Å². The van der Waals surface area contributed by atoms with E-state index in [1.165, 1.54) is 0 Å². The Labute approximate surface area is 113 Å². The van der Waals surface area contributed by atoms with Crippen molar-refractivity contribution in [3.05, 3.63) is 23.8 Å². The van der Waals surface area contributed by atoms with Crippen LogP contribution >= 0.6 is 0 Å². The van der Waals surface area contributed by atoms with Gasteiger partial charge in [0.1, 0.15) is 0 Å². The first kappa shape index (κ1) is 13.7. The molecule has 1 fully saturated rings. The molecular weight excluding hydrogens is 244 g/mol. The lowest BCUT2D eigenvalue weighted by Gasteiger charge is -2.26. The van der Waals surface area contributed by atoms with Crippen molar-refractivity contribution in [2.24, 2.45) is 0 Å². The molecule has 19 heavy (non-hydrogen) atoms. The van der Waals surface area contributed by atoms with E-state index in [0.717, 1.165) is 38.2 Å². The van der Waals surface area contributed by atoms with Gasteiger partial charge in [-0.25, -0.2) is 4.79 Å². The molecule has 0 spiro atoms. The number of nitrogens with zero attached hydrogens (tertiary/aromatic N) is 1. The molecule has 0 saturated carbocycles. The molecular formula is C14H20N2O3. The molecule has 1 aliphatic rings. The molecule has 2 rings (SSSR count). The SMILES string of the molecule is CCN(CC1CCCO1)c1ccc(N)c(C(=O)O)c1. The Bertz CT molecular complexity index is 456. The minimum atomic E-state index is -0.993. The Morgan fingerprint density at radius 1 is 1.58 bits per heavy atom. The molecule has 1 aliphatic heterocycles. The summed E-state index contributed by atoms with van der Waals surface area (Å²) in [7, 11) is 0. The number of benzene rings is 1. The summed E-state index contributed by atoms with van der Waals surface area (Å²) in [5.41, 5.74) is 7.00. The summed E-state index contributed by atoms with van der Waals surface area (Å²) in [5.74, 6) is -0.993. The van der Waals surface area contributed by atoms with Gasteiger partial charge in [-0.05, 0) is 38.0 Å². The highest BCUT2D eigenvalue weighted by Crippen LogP contribution is 2.23. The van der Waals surface area contributed by atoms with Crippen LogP contribution in [0.1, 0.15) is 30.1 Å². The molecule has 0 aliphatic carbocycles. The van der Waals surface area contributed by atoms with Crippen LogP contribution in [-0.2, 0) is 4.74 Å².